The molecule has 0 saturated carbocycles. The van der Waals surface area contributed by atoms with Crippen LogP contribution >= 0.6 is 0 Å². The summed E-state index contributed by atoms with van der Waals surface area (Å²) in [5, 5.41) is 20.9. The molecule has 1 heterocycles. The minimum Gasteiger partial charge on any atom is -0.314 e. The van der Waals surface area contributed by atoms with Gasteiger partial charge in [0.15, 0.2) is 0 Å². The standard InChI is InChI=1S/C14H13N5O/c1-14(2)11-5-4-9(17-18-10(7-15)8-16)6-12(11)19(3)13(14)20/h4-6,17H,1-3H3. The highest BCUT2D eigenvalue weighted by Crippen LogP contribution is 2.41. The van der Waals surface area contributed by atoms with Crippen LogP contribution in [-0.4, -0.2) is 18.7 Å². The van der Waals surface area contributed by atoms with E-state index in [1.165, 1.54) is 0 Å². The van der Waals surface area contributed by atoms with Gasteiger partial charge in [0.05, 0.1) is 11.1 Å². The topological polar surface area (TPSA) is 92.3 Å². The molecule has 0 bridgehead atoms. The summed E-state index contributed by atoms with van der Waals surface area (Å²) in [5.74, 6) is 0.0305. The van der Waals surface area contributed by atoms with Crippen LogP contribution in [0.15, 0.2) is 23.3 Å². The number of likely N-dealkylation sites (N-methyl/N-ethyl adjacent to an activating group) is 1. The van der Waals surface area contributed by atoms with Crippen LogP contribution in [0, 0.1) is 22.7 Å². The lowest BCUT2D eigenvalue weighted by Crippen LogP contribution is -2.33. The van der Waals surface area contributed by atoms with Crippen molar-refractivity contribution < 1.29 is 4.79 Å². The summed E-state index contributed by atoms with van der Waals surface area (Å²) in [6.45, 7) is 3.76. The predicted molar refractivity (Wildman–Crippen MR) is 75.2 cm³/mol. The van der Waals surface area contributed by atoms with Crippen LogP contribution in [0.3, 0.4) is 0 Å². The minimum absolute atomic E-state index is 0.0305. The number of rotatable bonds is 2. The Morgan fingerprint density at radius 1 is 1.35 bits per heavy atom. The van der Waals surface area contributed by atoms with E-state index in [2.05, 4.69) is 10.5 Å². The Balaban J connectivity index is 2.37. The van der Waals surface area contributed by atoms with Gasteiger partial charge in [-0.3, -0.25) is 10.2 Å². The van der Waals surface area contributed by atoms with Crippen molar-refractivity contribution in [3.8, 4) is 12.1 Å². The fourth-order valence-corrected chi connectivity index (χ4v) is 2.25. The van der Waals surface area contributed by atoms with Crippen molar-refractivity contribution in [3.05, 3.63) is 23.8 Å². The second-order valence-corrected chi connectivity index (χ2v) is 5.02. The molecule has 0 spiro atoms. The maximum atomic E-state index is 12.1. The first-order valence-corrected chi connectivity index (χ1v) is 5.98. The zero-order valence-electron chi connectivity index (χ0n) is 11.4. The molecule has 1 aromatic rings. The van der Waals surface area contributed by atoms with Gasteiger partial charge in [0.2, 0.25) is 11.6 Å². The van der Waals surface area contributed by atoms with Crippen molar-refractivity contribution in [2.75, 3.05) is 17.4 Å². The molecule has 2 rings (SSSR count). The van der Waals surface area contributed by atoms with Crippen LogP contribution in [0.1, 0.15) is 19.4 Å². The highest BCUT2D eigenvalue weighted by Gasteiger charge is 2.42. The van der Waals surface area contributed by atoms with E-state index >= 15 is 0 Å². The maximum Gasteiger partial charge on any atom is 0.237 e. The van der Waals surface area contributed by atoms with Gasteiger partial charge in [-0.2, -0.15) is 15.6 Å². The average molecular weight is 267 g/mol. The Labute approximate surface area is 116 Å². The number of amides is 1. The van der Waals surface area contributed by atoms with Crippen LogP contribution in [-0.2, 0) is 10.2 Å². The van der Waals surface area contributed by atoms with E-state index in [0.29, 0.717) is 5.69 Å². The number of carbonyl (C=O) groups excluding carboxylic acids is 1. The Hall–Kier alpha value is -2.86. The summed E-state index contributed by atoms with van der Waals surface area (Å²) >= 11 is 0. The van der Waals surface area contributed by atoms with Crippen LogP contribution in [0.2, 0.25) is 0 Å². The Kier molecular flexibility index (Phi) is 3.17. The van der Waals surface area contributed by atoms with Gasteiger partial charge in [-0.05, 0) is 31.5 Å². The summed E-state index contributed by atoms with van der Waals surface area (Å²) in [7, 11) is 1.72. The molecule has 1 N–H and O–H groups in total. The number of hydrogen-bond donors (Lipinski definition) is 1. The zero-order chi connectivity index (χ0) is 14.9. The van der Waals surface area contributed by atoms with Crippen molar-refractivity contribution in [3.63, 3.8) is 0 Å². The van der Waals surface area contributed by atoms with Gasteiger partial charge < -0.3 is 4.90 Å². The van der Waals surface area contributed by atoms with Crippen molar-refractivity contribution in [1.29, 1.82) is 10.5 Å². The molecule has 6 nitrogen and oxygen atoms in total. The fraction of sp³-hybridized carbons (Fsp3) is 0.286. The monoisotopic (exact) mass is 267 g/mol. The van der Waals surface area contributed by atoms with Crippen LogP contribution < -0.4 is 10.3 Å². The number of nitrogens with zero attached hydrogens (tertiary/aromatic N) is 4. The summed E-state index contributed by atoms with van der Waals surface area (Å²) in [4.78, 5) is 13.7. The number of hydrazone groups is 1. The average Bonchev–Trinajstić information content (AvgIpc) is 2.61. The van der Waals surface area contributed by atoms with Crippen molar-refractivity contribution >= 4 is 23.0 Å². The molecule has 0 radical (unpaired) electrons. The van der Waals surface area contributed by atoms with Crippen LogP contribution in [0.4, 0.5) is 11.4 Å². The van der Waals surface area contributed by atoms with E-state index in [1.807, 2.05) is 19.9 Å². The number of nitriles is 2. The third-order valence-corrected chi connectivity index (χ3v) is 3.38. The number of nitrogens with one attached hydrogen (secondary N) is 1. The zero-order valence-corrected chi connectivity index (χ0v) is 11.4. The number of fused-ring (bicyclic) bond motifs is 1. The highest BCUT2D eigenvalue weighted by molar-refractivity contribution is 6.10. The smallest absolute Gasteiger partial charge is 0.237 e. The maximum absolute atomic E-state index is 12.1. The lowest BCUT2D eigenvalue weighted by molar-refractivity contribution is -0.121. The Morgan fingerprint density at radius 2 is 2.00 bits per heavy atom. The molecule has 0 aromatic heterocycles. The third-order valence-electron chi connectivity index (χ3n) is 3.38. The highest BCUT2D eigenvalue weighted by atomic mass is 16.2. The van der Waals surface area contributed by atoms with Gasteiger partial charge in [-0.15, -0.1) is 0 Å². The van der Waals surface area contributed by atoms with Crippen molar-refractivity contribution in [1.82, 2.24) is 0 Å². The van der Waals surface area contributed by atoms with E-state index in [1.54, 1.807) is 36.2 Å². The molecular formula is C14H13N5O. The van der Waals surface area contributed by atoms with E-state index in [0.717, 1.165) is 11.3 Å². The first-order chi connectivity index (χ1) is 9.41. The first kappa shape index (κ1) is 13.6. The van der Waals surface area contributed by atoms with Crippen LogP contribution in [0.25, 0.3) is 0 Å². The third kappa shape index (κ3) is 1.98. The fourth-order valence-electron chi connectivity index (χ4n) is 2.25. The largest absolute Gasteiger partial charge is 0.314 e. The van der Waals surface area contributed by atoms with Gasteiger partial charge >= 0.3 is 0 Å². The quantitative estimate of drug-likeness (QED) is 0.652. The molecule has 1 aliphatic heterocycles. The number of carbonyl (C=O) groups is 1. The predicted octanol–water partition coefficient (Wildman–Crippen LogP) is 1.76. The molecule has 20 heavy (non-hydrogen) atoms. The van der Waals surface area contributed by atoms with E-state index in [4.69, 9.17) is 10.5 Å². The molecule has 1 aliphatic rings. The lowest BCUT2D eigenvalue weighted by Gasteiger charge is -2.16. The number of hydrogen-bond acceptors (Lipinski definition) is 5. The SMILES string of the molecule is CN1C(=O)C(C)(C)c2ccc(NN=C(C#N)C#N)cc21. The summed E-state index contributed by atoms with van der Waals surface area (Å²) < 4.78 is 0. The summed E-state index contributed by atoms with van der Waals surface area (Å²) in [5.41, 5.74) is 4.21. The number of anilines is 2. The molecule has 6 heteroatoms. The molecule has 0 atom stereocenters. The molecule has 0 aliphatic carbocycles. The molecule has 1 amide bonds. The van der Waals surface area contributed by atoms with Gasteiger partial charge in [-0.25, -0.2) is 0 Å². The van der Waals surface area contributed by atoms with E-state index in [9.17, 15) is 4.79 Å². The molecular weight excluding hydrogens is 254 g/mol. The van der Waals surface area contributed by atoms with Crippen molar-refractivity contribution in [2.24, 2.45) is 5.10 Å². The van der Waals surface area contributed by atoms with E-state index in [-0.39, 0.29) is 11.6 Å². The van der Waals surface area contributed by atoms with Crippen molar-refractivity contribution in [2.45, 2.75) is 19.3 Å². The van der Waals surface area contributed by atoms with Gasteiger partial charge in [0.25, 0.3) is 0 Å². The molecule has 0 saturated heterocycles. The molecule has 0 unspecified atom stereocenters. The summed E-state index contributed by atoms with van der Waals surface area (Å²) in [6, 6.07) is 8.73. The van der Waals surface area contributed by atoms with Gasteiger partial charge in [0, 0.05) is 12.7 Å². The molecule has 100 valence electrons. The Morgan fingerprint density at radius 3 is 2.60 bits per heavy atom. The Bertz CT molecular complexity index is 674. The first-order valence-electron chi connectivity index (χ1n) is 5.98. The molecule has 0 fully saturated rings. The van der Waals surface area contributed by atoms with Gasteiger partial charge in [0.1, 0.15) is 12.1 Å². The normalized spacial score (nSPS) is 15.1. The van der Waals surface area contributed by atoms with E-state index < -0.39 is 5.41 Å². The number of benzene rings is 1. The summed E-state index contributed by atoms with van der Waals surface area (Å²) in [6.07, 6.45) is 0. The van der Waals surface area contributed by atoms with Crippen LogP contribution in [0.5, 0.6) is 0 Å². The van der Waals surface area contributed by atoms with Gasteiger partial charge in [-0.1, -0.05) is 6.07 Å². The second kappa shape index (κ2) is 4.67. The lowest BCUT2D eigenvalue weighted by atomic mass is 9.86. The molecule has 1 aromatic carbocycles. The second-order valence-electron chi connectivity index (χ2n) is 5.02. The minimum atomic E-state index is -0.545.